The largest absolute Gasteiger partial charge is 0.396 e. The Bertz CT molecular complexity index is 298. The molecular formula is C13H24N2O3. The van der Waals surface area contributed by atoms with Crippen LogP contribution >= 0.6 is 0 Å². The lowest BCUT2D eigenvalue weighted by Crippen LogP contribution is -2.54. The van der Waals surface area contributed by atoms with Crippen molar-refractivity contribution in [1.29, 1.82) is 0 Å². The van der Waals surface area contributed by atoms with Crippen molar-refractivity contribution in [1.82, 2.24) is 9.80 Å². The number of carbonyl (C=O) groups excluding carboxylic acids is 1. The molecule has 5 nitrogen and oxygen atoms in total. The summed E-state index contributed by atoms with van der Waals surface area (Å²) in [4.78, 5) is 16.5. The maximum atomic E-state index is 12.5. The molecular weight excluding hydrogens is 232 g/mol. The third kappa shape index (κ3) is 3.02. The van der Waals surface area contributed by atoms with Gasteiger partial charge in [0.1, 0.15) is 6.10 Å². The van der Waals surface area contributed by atoms with E-state index in [1.165, 1.54) is 0 Å². The fraction of sp³-hybridized carbons (Fsp3) is 0.923. The summed E-state index contributed by atoms with van der Waals surface area (Å²) >= 11 is 0. The number of rotatable bonds is 2. The second-order valence-corrected chi connectivity index (χ2v) is 5.59. The summed E-state index contributed by atoms with van der Waals surface area (Å²) in [7, 11) is 2.01. The second-order valence-electron chi connectivity index (χ2n) is 5.59. The van der Waals surface area contributed by atoms with Gasteiger partial charge in [-0.2, -0.15) is 0 Å². The number of carbonyl (C=O) groups is 1. The summed E-state index contributed by atoms with van der Waals surface area (Å²) in [5.74, 6) is 0.318. The number of aliphatic hydroxyl groups is 1. The van der Waals surface area contributed by atoms with Gasteiger partial charge in [0.25, 0.3) is 5.91 Å². The van der Waals surface area contributed by atoms with Crippen molar-refractivity contribution in [2.75, 3.05) is 39.9 Å². The fourth-order valence-corrected chi connectivity index (χ4v) is 2.75. The number of ether oxygens (including phenoxy) is 1. The number of nitrogens with zero attached hydrogens (tertiary/aromatic N) is 2. The van der Waals surface area contributed by atoms with E-state index >= 15 is 0 Å². The maximum absolute atomic E-state index is 12.5. The molecule has 2 heterocycles. The summed E-state index contributed by atoms with van der Waals surface area (Å²) in [6, 6.07) is 0.260. The van der Waals surface area contributed by atoms with E-state index in [1.54, 1.807) is 0 Å². The second kappa shape index (κ2) is 5.99. The Morgan fingerprint density at radius 1 is 1.39 bits per heavy atom. The first-order chi connectivity index (χ1) is 8.61. The molecule has 0 radical (unpaired) electrons. The zero-order valence-electron chi connectivity index (χ0n) is 11.3. The Morgan fingerprint density at radius 3 is 2.83 bits per heavy atom. The molecule has 104 valence electrons. The molecule has 1 amide bonds. The minimum absolute atomic E-state index is 0.0900. The van der Waals surface area contributed by atoms with Crippen molar-refractivity contribution in [3.05, 3.63) is 0 Å². The van der Waals surface area contributed by atoms with Crippen molar-refractivity contribution < 1.29 is 14.6 Å². The van der Waals surface area contributed by atoms with Crippen molar-refractivity contribution in [2.24, 2.45) is 5.92 Å². The van der Waals surface area contributed by atoms with Crippen molar-refractivity contribution in [3.8, 4) is 0 Å². The monoisotopic (exact) mass is 256 g/mol. The van der Waals surface area contributed by atoms with Gasteiger partial charge < -0.3 is 19.6 Å². The fourth-order valence-electron chi connectivity index (χ4n) is 2.75. The molecule has 0 aromatic carbocycles. The minimum Gasteiger partial charge on any atom is -0.396 e. The van der Waals surface area contributed by atoms with E-state index < -0.39 is 0 Å². The summed E-state index contributed by atoms with van der Waals surface area (Å²) in [6.07, 6.45) is 1.65. The first kappa shape index (κ1) is 13.8. The molecule has 0 bridgehead atoms. The van der Waals surface area contributed by atoms with Gasteiger partial charge in [0.05, 0.1) is 6.61 Å². The molecule has 2 fully saturated rings. The van der Waals surface area contributed by atoms with Crippen molar-refractivity contribution >= 4 is 5.91 Å². The number of morpholine rings is 1. The van der Waals surface area contributed by atoms with Crippen LogP contribution in [0.4, 0.5) is 0 Å². The normalized spacial score (nSPS) is 34.6. The van der Waals surface area contributed by atoms with E-state index in [1.807, 2.05) is 11.9 Å². The predicted molar refractivity (Wildman–Crippen MR) is 68.2 cm³/mol. The van der Waals surface area contributed by atoms with Gasteiger partial charge in [-0.05, 0) is 32.7 Å². The third-order valence-corrected chi connectivity index (χ3v) is 4.07. The Hall–Kier alpha value is -0.650. The quantitative estimate of drug-likeness (QED) is 0.752. The Labute approximate surface area is 109 Å². The number of likely N-dealkylation sites (N-methyl/N-ethyl adjacent to an activating group) is 1. The van der Waals surface area contributed by atoms with Gasteiger partial charge in [0, 0.05) is 32.3 Å². The Morgan fingerprint density at radius 2 is 2.17 bits per heavy atom. The predicted octanol–water partition coefficient (Wildman–Crippen LogP) is -0.0636. The first-order valence-electron chi connectivity index (χ1n) is 6.83. The molecule has 2 aliphatic heterocycles. The molecule has 18 heavy (non-hydrogen) atoms. The first-order valence-corrected chi connectivity index (χ1v) is 6.83. The van der Waals surface area contributed by atoms with E-state index in [9.17, 15) is 9.90 Å². The molecule has 0 aliphatic carbocycles. The van der Waals surface area contributed by atoms with E-state index in [2.05, 4.69) is 11.8 Å². The summed E-state index contributed by atoms with van der Waals surface area (Å²) < 4.78 is 5.59. The summed E-state index contributed by atoms with van der Waals surface area (Å²) in [6.45, 7) is 5.10. The van der Waals surface area contributed by atoms with Gasteiger partial charge >= 0.3 is 0 Å². The summed E-state index contributed by atoms with van der Waals surface area (Å²) in [5.41, 5.74) is 0. The van der Waals surface area contributed by atoms with Crippen LogP contribution in [0.2, 0.25) is 0 Å². The van der Waals surface area contributed by atoms with Crippen LogP contribution in [0.3, 0.4) is 0 Å². The molecule has 3 unspecified atom stereocenters. The number of likely N-dealkylation sites (tertiary alicyclic amines) is 1. The molecule has 1 N–H and O–H groups in total. The van der Waals surface area contributed by atoms with E-state index in [0.29, 0.717) is 19.7 Å². The van der Waals surface area contributed by atoms with Crippen LogP contribution in [0.5, 0.6) is 0 Å². The third-order valence-electron chi connectivity index (χ3n) is 4.07. The molecule has 0 aromatic heterocycles. The summed E-state index contributed by atoms with van der Waals surface area (Å²) in [5, 5.41) is 9.25. The molecule has 0 spiro atoms. The van der Waals surface area contributed by atoms with E-state index in [0.717, 1.165) is 19.4 Å². The SMILES string of the molecule is CC1CCC(CO)CN1C(=O)C1CN(C)CCO1. The molecule has 2 aliphatic rings. The zero-order chi connectivity index (χ0) is 13.1. The standard InChI is InChI=1S/C13H24N2O3/c1-10-3-4-11(9-16)7-15(10)13(17)12-8-14(2)5-6-18-12/h10-12,16H,3-9H2,1-2H3. The van der Waals surface area contributed by atoms with Crippen LogP contribution in [0.1, 0.15) is 19.8 Å². The van der Waals surface area contributed by atoms with Crippen LogP contribution < -0.4 is 0 Å². The van der Waals surface area contributed by atoms with Gasteiger partial charge in [-0.25, -0.2) is 0 Å². The molecule has 3 atom stereocenters. The Balaban J connectivity index is 1.97. The molecule has 0 aromatic rings. The number of amides is 1. The topological polar surface area (TPSA) is 53.0 Å². The number of hydrogen-bond donors (Lipinski definition) is 1. The maximum Gasteiger partial charge on any atom is 0.253 e. The molecule has 5 heteroatoms. The Kier molecular flexibility index (Phi) is 4.59. The molecule has 0 saturated carbocycles. The number of piperidine rings is 1. The van der Waals surface area contributed by atoms with Gasteiger partial charge in [0.15, 0.2) is 0 Å². The van der Waals surface area contributed by atoms with E-state index in [4.69, 9.17) is 4.74 Å². The van der Waals surface area contributed by atoms with Crippen LogP contribution in [-0.2, 0) is 9.53 Å². The highest BCUT2D eigenvalue weighted by molar-refractivity contribution is 5.81. The van der Waals surface area contributed by atoms with Gasteiger partial charge in [-0.3, -0.25) is 4.79 Å². The lowest BCUT2D eigenvalue weighted by Gasteiger charge is -2.40. The van der Waals surface area contributed by atoms with Crippen LogP contribution in [0.15, 0.2) is 0 Å². The lowest BCUT2D eigenvalue weighted by molar-refractivity contribution is -0.153. The lowest BCUT2D eigenvalue weighted by atomic mass is 9.93. The van der Waals surface area contributed by atoms with Gasteiger partial charge in [-0.15, -0.1) is 0 Å². The van der Waals surface area contributed by atoms with E-state index in [-0.39, 0.29) is 30.6 Å². The number of hydrogen-bond acceptors (Lipinski definition) is 4. The zero-order valence-corrected chi connectivity index (χ0v) is 11.3. The van der Waals surface area contributed by atoms with Crippen LogP contribution in [0, 0.1) is 5.92 Å². The van der Waals surface area contributed by atoms with Crippen molar-refractivity contribution in [3.63, 3.8) is 0 Å². The molecule has 2 saturated heterocycles. The average Bonchev–Trinajstić information content (AvgIpc) is 2.38. The van der Waals surface area contributed by atoms with Crippen LogP contribution in [0.25, 0.3) is 0 Å². The van der Waals surface area contributed by atoms with Gasteiger partial charge in [0.2, 0.25) is 0 Å². The van der Waals surface area contributed by atoms with Crippen molar-refractivity contribution in [2.45, 2.75) is 31.9 Å². The van der Waals surface area contributed by atoms with Gasteiger partial charge in [-0.1, -0.05) is 0 Å². The highest BCUT2D eigenvalue weighted by Gasteiger charge is 2.34. The smallest absolute Gasteiger partial charge is 0.253 e. The number of aliphatic hydroxyl groups excluding tert-OH is 1. The average molecular weight is 256 g/mol. The molecule has 2 rings (SSSR count). The van der Waals surface area contributed by atoms with Crippen LogP contribution in [-0.4, -0.2) is 72.9 Å². The minimum atomic E-state index is -0.330. The highest BCUT2D eigenvalue weighted by Crippen LogP contribution is 2.23. The highest BCUT2D eigenvalue weighted by atomic mass is 16.5.